The molecule has 0 bridgehead atoms. The Kier molecular flexibility index (Phi) is 4.58. The van der Waals surface area contributed by atoms with Crippen molar-refractivity contribution >= 4 is 28.3 Å². The van der Waals surface area contributed by atoms with E-state index < -0.39 is 0 Å². The van der Waals surface area contributed by atoms with Crippen LogP contribution in [0.4, 0.5) is 16.3 Å². The van der Waals surface area contributed by atoms with Gasteiger partial charge in [0.15, 0.2) is 5.82 Å². The van der Waals surface area contributed by atoms with Gasteiger partial charge in [-0.25, -0.2) is 4.79 Å². The summed E-state index contributed by atoms with van der Waals surface area (Å²) in [4.78, 5) is 12.4. The number of nitrogens with one attached hydrogen (secondary N) is 2. The SMILES string of the molecule is Cc1ccc(Cn2ccc(NC(=O)Nc3cccc4ccccc34)n2)cc1. The second-order valence-corrected chi connectivity index (χ2v) is 6.49. The molecular weight excluding hydrogens is 336 g/mol. The predicted octanol–water partition coefficient (Wildman–Crippen LogP) is 5.04. The molecule has 2 N–H and O–H groups in total. The Balaban J connectivity index is 1.42. The number of aryl methyl sites for hydroxylation is 1. The fourth-order valence-corrected chi connectivity index (χ4v) is 3.00. The normalized spacial score (nSPS) is 10.7. The third-order valence-electron chi connectivity index (χ3n) is 4.39. The van der Waals surface area contributed by atoms with Gasteiger partial charge in [0.2, 0.25) is 0 Å². The van der Waals surface area contributed by atoms with E-state index in [1.165, 1.54) is 5.56 Å². The van der Waals surface area contributed by atoms with Gasteiger partial charge in [0.05, 0.1) is 12.2 Å². The van der Waals surface area contributed by atoms with Crippen LogP contribution in [-0.4, -0.2) is 15.8 Å². The number of rotatable bonds is 4. The highest BCUT2D eigenvalue weighted by Gasteiger charge is 2.08. The van der Waals surface area contributed by atoms with Gasteiger partial charge in [-0.3, -0.25) is 10.00 Å². The average Bonchev–Trinajstić information content (AvgIpc) is 3.10. The van der Waals surface area contributed by atoms with Crippen molar-refractivity contribution in [2.75, 3.05) is 10.6 Å². The lowest BCUT2D eigenvalue weighted by molar-refractivity contribution is 0.262. The van der Waals surface area contributed by atoms with Crippen molar-refractivity contribution in [2.45, 2.75) is 13.5 Å². The zero-order chi connectivity index (χ0) is 18.6. The average molecular weight is 356 g/mol. The number of benzene rings is 3. The van der Waals surface area contributed by atoms with Crippen molar-refractivity contribution < 1.29 is 4.79 Å². The number of fused-ring (bicyclic) bond motifs is 1. The number of hydrogen-bond donors (Lipinski definition) is 2. The first kappa shape index (κ1) is 16.8. The Morgan fingerprint density at radius 3 is 2.56 bits per heavy atom. The van der Waals surface area contributed by atoms with Crippen LogP contribution in [0.5, 0.6) is 0 Å². The molecule has 27 heavy (non-hydrogen) atoms. The van der Waals surface area contributed by atoms with Gasteiger partial charge in [0.1, 0.15) is 0 Å². The highest BCUT2D eigenvalue weighted by Crippen LogP contribution is 2.23. The molecule has 1 aromatic heterocycles. The van der Waals surface area contributed by atoms with Gasteiger partial charge in [-0.2, -0.15) is 5.10 Å². The number of carbonyl (C=O) groups is 1. The third-order valence-corrected chi connectivity index (χ3v) is 4.39. The summed E-state index contributed by atoms with van der Waals surface area (Å²) in [6, 6.07) is 23.6. The lowest BCUT2D eigenvalue weighted by Crippen LogP contribution is -2.20. The minimum Gasteiger partial charge on any atom is -0.307 e. The van der Waals surface area contributed by atoms with E-state index in [0.29, 0.717) is 12.4 Å². The maximum absolute atomic E-state index is 12.4. The van der Waals surface area contributed by atoms with E-state index in [4.69, 9.17) is 0 Å². The van der Waals surface area contributed by atoms with Crippen molar-refractivity contribution in [3.05, 3.63) is 90.1 Å². The molecule has 5 heteroatoms. The van der Waals surface area contributed by atoms with Crippen molar-refractivity contribution in [3.63, 3.8) is 0 Å². The summed E-state index contributed by atoms with van der Waals surface area (Å²) >= 11 is 0. The van der Waals surface area contributed by atoms with Crippen LogP contribution < -0.4 is 10.6 Å². The van der Waals surface area contributed by atoms with Gasteiger partial charge in [0, 0.05) is 17.6 Å². The van der Waals surface area contributed by atoms with Crippen LogP contribution in [0.2, 0.25) is 0 Å². The van der Waals surface area contributed by atoms with Crippen molar-refractivity contribution in [1.82, 2.24) is 9.78 Å². The first-order chi connectivity index (χ1) is 13.2. The van der Waals surface area contributed by atoms with Crippen molar-refractivity contribution in [3.8, 4) is 0 Å². The van der Waals surface area contributed by atoms with E-state index in [-0.39, 0.29) is 6.03 Å². The number of aromatic nitrogens is 2. The van der Waals surface area contributed by atoms with Crippen molar-refractivity contribution in [2.24, 2.45) is 0 Å². The number of hydrogen-bond acceptors (Lipinski definition) is 2. The summed E-state index contributed by atoms with van der Waals surface area (Å²) in [7, 11) is 0. The molecule has 0 aliphatic heterocycles. The molecule has 0 fully saturated rings. The van der Waals surface area contributed by atoms with Gasteiger partial charge in [-0.05, 0) is 23.9 Å². The smallest absolute Gasteiger partial charge is 0.307 e. The molecule has 0 radical (unpaired) electrons. The Morgan fingerprint density at radius 1 is 0.926 bits per heavy atom. The molecule has 0 aliphatic rings. The topological polar surface area (TPSA) is 59.0 Å². The van der Waals surface area contributed by atoms with E-state index in [2.05, 4.69) is 46.9 Å². The molecule has 0 aliphatic carbocycles. The second-order valence-electron chi connectivity index (χ2n) is 6.49. The molecule has 0 spiro atoms. The number of amides is 2. The number of urea groups is 1. The van der Waals surface area contributed by atoms with E-state index in [1.807, 2.05) is 48.7 Å². The number of carbonyl (C=O) groups excluding carboxylic acids is 1. The maximum atomic E-state index is 12.4. The Morgan fingerprint density at radius 2 is 1.70 bits per heavy atom. The third kappa shape index (κ3) is 3.98. The lowest BCUT2D eigenvalue weighted by atomic mass is 10.1. The van der Waals surface area contributed by atoms with Crippen LogP contribution >= 0.6 is 0 Å². The van der Waals surface area contributed by atoms with Crippen LogP contribution in [0.15, 0.2) is 79.0 Å². The maximum Gasteiger partial charge on any atom is 0.324 e. The zero-order valence-corrected chi connectivity index (χ0v) is 15.0. The minimum atomic E-state index is -0.313. The van der Waals surface area contributed by atoms with E-state index in [0.717, 1.165) is 22.0 Å². The Labute approximate surface area is 157 Å². The number of anilines is 2. The van der Waals surface area contributed by atoms with Crippen LogP contribution in [0.1, 0.15) is 11.1 Å². The molecule has 2 amide bonds. The summed E-state index contributed by atoms with van der Waals surface area (Å²) in [5, 5.41) is 12.2. The van der Waals surface area contributed by atoms with Crippen LogP contribution in [0.3, 0.4) is 0 Å². The Hall–Kier alpha value is -3.60. The molecule has 3 aromatic carbocycles. The molecule has 0 saturated heterocycles. The molecule has 0 atom stereocenters. The first-order valence-electron chi connectivity index (χ1n) is 8.82. The monoisotopic (exact) mass is 356 g/mol. The highest BCUT2D eigenvalue weighted by atomic mass is 16.2. The summed E-state index contributed by atoms with van der Waals surface area (Å²) in [6.07, 6.45) is 1.85. The summed E-state index contributed by atoms with van der Waals surface area (Å²) in [5.74, 6) is 0.514. The van der Waals surface area contributed by atoms with Crippen LogP contribution in [0.25, 0.3) is 10.8 Å². The molecular formula is C22H20N4O. The van der Waals surface area contributed by atoms with Crippen molar-refractivity contribution in [1.29, 1.82) is 0 Å². The summed E-state index contributed by atoms with van der Waals surface area (Å²) in [6.45, 7) is 2.72. The van der Waals surface area contributed by atoms with Gasteiger partial charge < -0.3 is 5.32 Å². The van der Waals surface area contributed by atoms with Gasteiger partial charge in [-0.15, -0.1) is 0 Å². The van der Waals surface area contributed by atoms with E-state index in [1.54, 1.807) is 10.7 Å². The largest absolute Gasteiger partial charge is 0.324 e. The molecule has 1 heterocycles. The molecule has 0 saturated carbocycles. The highest BCUT2D eigenvalue weighted by molar-refractivity contribution is 6.05. The van der Waals surface area contributed by atoms with Gasteiger partial charge in [-0.1, -0.05) is 66.2 Å². The summed E-state index contributed by atoms with van der Waals surface area (Å²) in [5.41, 5.74) is 3.16. The van der Waals surface area contributed by atoms with E-state index in [9.17, 15) is 4.79 Å². The first-order valence-corrected chi connectivity index (χ1v) is 8.82. The minimum absolute atomic E-state index is 0.313. The molecule has 0 unspecified atom stereocenters. The lowest BCUT2D eigenvalue weighted by Gasteiger charge is -2.09. The Bertz CT molecular complexity index is 1080. The molecule has 5 nitrogen and oxygen atoms in total. The predicted molar refractivity (Wildman–Crippen MR) is 109 cm³/mol. The fourth-order valence-electron chi connectivity index (χ4n) is 3.00. The zero-order valence-electron chi connectivity index (χ0n) is 15.0. The van der Waals surface area contributed by atoms with Crippen LogP contribution in [-0.2, 0) is 6.54 Å². The van der Waals surface area contributed by atoms with E-state index >= 15 is 0 Å². The summed E-state index contributed by atoms with van der Waals surface area (Å²) < 4.78 is 1.80. The second kappa shape index (κ2) is 7.33. The van der Waals surface area contributed by atoms with Crippen LogP contribution in [0, 0.1) is 6.92 Å². The fraction of sp³-hybridized carbons (Fsp3) is 0.0909. The number of nitrogens with zero attached hydrogens (tertiary/aromatic N) is 2. The van der Waals surface area contributed by atoms with Gasteiger partial charge in [0.25, 0.3) is 0 Å². The quantitative estimate of drug-likeness (QED) is 0.538. The molecule has 4 aromatic rings. The van der Waals surface area contributed by atoms with Gasteiger partial charge >= 0.3 is 6.03 Å². The molecule has 4 rings (SSSR count). The molecule has 134 valence electrons. The standard InChI is InChI=1S/C22H20N4O/c1-16-9-11-17(12-10-16)15-26-14-13-21(25-26)24-22(27)23-20-8-4-6-18-5-2-3-7-19(18)20/h2-14H,15H2,1H3,(H2,23,24,25,27).